The van der Waals surface area contributed by atoms with E-state index in [1.807, 2.05) is 18.9 Å². The zero-order chi connectivity index (χ0) is 6.85. The molecule has 1 heterocycles. The molecule has 1 fully saturated rings. The van der Waals surface area contributed by atoms with E-state index in [4.69, 9.17) is 0 Å². The number of amides is 2. The lowest BCUT2D eigenvalue weighted by atomic mass is 10.6. The van der Waals surface area contributed by atoms with Crippen molar-refractivity contribution in [2.24, 2.45) is 0 Å². The summed E-state index contributed by atoms with van der Waals surface area (Å²) in [5.41, 5.74) is 0. The zero-order valence-electron chi connectivity index (χ0n) is 5.92. The summed E-state index contributed by atoms with van der Waals surface area (Å²) >= 11 is 0. The third-order valence-corrected chi connectivity index (χ3v) is 1.68. The van der Waals surface area contributed by atoms with Crippen molar-refractivity contribution in [3.63, 3.8) is 0 Å². The largest absolute Gasteiger partial charge is 0.326 e. The molecule has 1 saturated heterocycles. The Hall–Kier alpha value is -0.730. The Bertz CT molecular complexity index is 125. The SMILES string of the molecule is C.CCN1CCN(C)C1=O. The molecule has 1 aliphatic heterocycles. The van der Waals surface area contributed by atoms with Crippen LogP contribution in [0.5, 0.6) is 0 Å². The fraction of sp³-hybridized carbons (Fsp3) is 0.857. The van der Waals surface area contributed by atoms with E-state index in [1.54, 1.807) is 4.90 Å². The molecule has 3 nitrogen and oxygen atoms in total. The van der Waals surface area contributed by atoms with Gasteiger partial charge in [-0.05, 0) is 6.92 Å². The highest BCUT2D eigenvalue weighted by molar-refractivity contribution is 5.76. The molecule has 0 radical (unpaired) electrons. The first-order valence-electron chi connectivity index (χ1n) is 3.25. The Morgan fingerprint density at radius 2 is 2.10 bits per heavy atom. The van der Waals surface area contributed by atoms with Crippen LogP contribution in [0.3, 0.4) is 0 Å². The number of carbonyl (C=O) groups excluding carboxylic acids is 1. The highest BCUT2D eigenvalue weighted by Crippen LogP contribution is 2.03. The van der Waals surface area contributed by atoms with E-state index >= 15 is 0 Å². The normalized spacial score (nSPS) is 17.6. The number of carbonyl (C=O) groups is 1. The van der Waals surface area contributed by atoms with Gasteiger partial charge in [0.15, 0.2) is 0 Å². The Kier molecular flexibility index (Phi) is 3.19. The van der Waals surface area contributed by atoms with Gasteiger partial charge in [0, 0.05) is 26.7 Å². The van der Waals surface area contributed by atoms with E-state index in [-0.39, 0.29) is 13.5 Å². The van der Waals surface area contributed by atoms with Gasteiger partial charge in [0.05, 0.1) is 0 Å². The maximum absolute atomic E-state index is 11.0. The van der Waals surface area contributed by atoms with E-state index in [9.17, 15) is 4.79 Å². The fourth-order valence-electron chi connectivity index (χ4n) is 0.997. The van der Waals surface area contributed by atoms with Gasteiger partial charge in [-0.1, -0.05) is 7.43 Å². The Labute approximate surface area is 62.6 Å². The summed E-state index contributed by atoms with van der Waals surface area (Å²) in [6.45, 7) is 4.61. The highest BCUT2D eigenvalue weighted by atomic mass is 16.2. The highest BCUT2D eigenvalue weighted by Gasteiger charge is 2.22. The van der Waals surface area contributed by atoms with Crippen LogP contribution in [0.25, 0.3) is 0 Å². The van der Waals surface area contributed by atoms with Gasteiger partial charge in [-0.2, -0.15) is 0 Å². The van der Waals surface area contributed by atoms with Crippen molar-refractivity contribution in [2.45, 2.75) is 14.4 Å². The first-order chi connectivity index (χ1) is 4.25. The van der Waals surface area contributed by atoms with Crippen molar-refractivity contribution in [1.82, 2.24) is 9.80 Å². The van der Waals surface area contributed by atoms with E-state index in [1.165, 1.54) is 0 Å². The molecule has 2 amide bonds. The van der Waals surface area contributed by atoms with Gasteiger partial charge < -0.3 is 9.80 Å². The average molecular weight is 144 g/mol. The van der Waals surface area contributed by atoms with Gasteiger partial charge in [0.1, 0.15) is 0 Å². The van der Waals surface area contributed by atoms with Crippen LogP contribution in [0.1, 0.15) is 14.4 Å². The Balaban J connectivity index is 0.000000810. The maximum atomic E-state index is 11.0. The summed E-state index contributed by atoms with van der Waals surface area (Å²) < 4.78 is 0. The number of urea groups is 1. The fourth-order valence-corrected chi connectivity index (χ4v) is 0.997. The molecule has 0 aromatic carbocycles. The second kappa shape index (κ2) is 3.44. The molecule has 0 spiro atoms. The molecule has 0 aromatic heterocycles. The monoisotopic (exact) mass is 144 g/mol. The summed E-state index contributed by atoms with van der Waals surface area (Å²) in [6, 6.07) is 0.164. The van der Waals surface area contributed by atoms with Crippen LogP contribution in [-0.2, 0) is 0 Å². The van der Waals surface area contributed by atoms with Crippen LogP contribution in [0.2, 0.25) is 0 Å². The van der Waals surface area contributed by atoms with Gasteiger partial charge >= 0.3 is 6.03 Å². The molecule has 0 N–H and O–H groups in total. The third kappa shape index (κ3) is 1.40. The van der Waals surface area contributed by atoms with Crippen LogP contribution in [0.4, 0.5) is 4.79 Å². The second-order valence-electron chi connectivity index (χ2n) is 2.28. The molecule has 10 heavy (non-hydrogen) atoms. The first kappa shape index (κ1) is 9.27. The predicted octanol–water partition coefficient (Wildman–Crippen LogP) is 1.01. The number of rotatable bonds is 1. The van der Waals surface area contributed by atoms with E-state index in [0.29, 0.717) is 0 Å². The van der Waals surface area contributed by atoms with Gasteiger partial charge in [0.2, 0.25) is 0 Å². The first-order valence-corrected chi connectivity index (χ1v) is 3.25. The van der Waals surface area contributed by atoms with Crippen molar-refractivity contribution < 1.29 is 4.79 Å². The molecule has 0 atom stereocenters. The number of nitrogens with zero attached hydrogens (tertiary/aromatic N) is 2. The number of likely N-dealkylation sites (N-methyl/N-ethyl adjacent to an activating group) is 2. The quantitative estimate of drug-likeness (QED) is 0.538. The zero-order valence-corrected chi connectivity index (χ0v) is 5.92. The Morgan fingerprint density at radius 1 is 1.50 bits per heavy atom. The number of hydrogen-bond acceptors (Lipinski definition) is 1. The lowest BCUT2D eigenvalue weighted by molar-refractivity contribution is 0.200. The Morgan fingerprint density at radius 3 is 2.30 bits per heavy atom. The molecule has 0 aliphatic carbocycles. The summed E-state index contributed by atoms with van der Waals surface area (Å²) in [5.74, 6) is 0. The third-order valence-electron chi connectivity index (χ3n) is 1.68. The van der Waals surface area contributed by atoms with E-state index in [0.717, 1.165) is 19.6 Å². The number of hydrogen-bond donors (Lipinski definition) is 0. The molecule has 0 bridgehead atoms. The molecular formula is C7H16N2O. The minimum Gasteiger partial charge on any atom is -0.326 e. The average Bonchev–Trinajstić information content (AvgIpc) is 2.15. The van der Waals surface area contributed by atoms with Gasteiger partial charge in [-0.25, -0.2) is 4.79 Å². The summed E-state index contributed by atoms with van der Waals surface area (Å²) in [4.78, 5) is 14.6. The molecule has 1 rings (SSSR count). The van der Waals surface area contributed by atoms with Crippen LogP contribution < -0.4 is 0 Å². The molecule has 0 aromatic rings. The second-order valence-corrected chi connectivity index (χ2v) is 2.28. The maximum Gasteiger partial charge on any atom is 0.319 e. The van der Waals surface area contributed by atoms with Crippen molar-refractivity contribution in [1.29, 1.82) is 0 Å². The van der Waals surface area contributed by atoms with Crippen LogP contribution in [-0.4, -0.2) is 42.5 Å². The molecule has 0 unspecified atom stereocenters. The predicted molar refractivity (Wildman–Crippen MR) is 42.0 cm³/mol. The molecule has 3 heteroatoms. The molecule has 1 aliphatic rings. The summed E-state index contributed by atoms with van der Waals surface area (Å²) in [7, 11) is 1.83. The van der Waals surface area contributed by atoms with Crippen molar-refractivity contribution in [3.8, 4) is 0 Å². The van der Waals surface area contributed by atoms with Gasteiger partial charge in [0.25, 0.3) is 0 Å². The molecule has 60 valence electrons. The van der Waals surface area contributed by atoms with E-state index < -0.39 is 0 Å². The standard InChI is InChI=1S/C6H12N2O.CH4/c1-3-8-5-4-7(2)6(8)9;/h3-5H2,1-2H3;1H4. The lowest BCUT2D eigenvalue weighted by Crippen LogP contribution is -2.28. The minimum absolute atomic E-state index is 0. The van der Waals surface area contributed by atoms with Crippen LogP contribution in [0, 0.1) is 0 Å². The van der Waals surface area contributed by atoms with Gasteiger partial charge in [-0.3, -0.25) is 0 Å². The van der Waals surface area contributed by atoms with Crippen LogP contribution >= 0.6 is 0 Å². The smallest absolute Gasteiger partial charge is 0.319 e. The van der Waals surface area contributed by atoms with Crippen LogP contribution in [0.15, 0.2) is 0 Å². The molecular weight excluding hydrogens is 128 g/mol. The van der Waals surface area contributed by atoms with Gasteiger partial charge in [-0.15, -0.1) is 0 Å². The minimum atomic E-state index is 0. The lowest BCUT2D eigenvalue weighted by Gasteiger charge is -2.11. The molecule has 0 saturated carbocycles. The topological polar surface area (TPSA) is 23.6 Å². The van der Waals surface area contributed by atoms with Crippen molar-refractivity contribution in [3.05, 3.63) is 0 Å². The van der Waals surface area contributed by atoms with Crippen molar-refractivity contribution >= 4 is 6.03 Å². The summed E-state index contributed by atoms with van der Waals surface area (Å²) in [6.07, 6.45) is 0. The van der Waals surface area contributed by atoms with Crippen molar-refractivity contribution in [2.75, 3.05) is 26.7 Å². The summed E-state index contributed by atoms with van der Waals surface area (Å²) in [5, 5.41) is 0. The van der Waals surface area contributed by atoms with E-state index in [2.05, 4.69) is 0 Å².